The van der Waals surface area contributed by atoms with Crippen LogP contribution in [0, 0.1) is 13.8 Å². The van der Waals surface area contributed by atoms with Gasteiger partial charge in [0.25, 0.3) is 5.91 Å². The number of halogens is 1. The molecule has 0 unspecified atom stereocenters. The van der Waals surface area contributed by atoms with E-state index in [1.54, 1.807) is 6.21 Å². The van der Waals surface area contributed by atoms with Crippen LogP contribution in [0.2, 0.25) is 5.02 Å². The Morgan fingerprint density at radius 1 is 0.690 bits per heavy atom. The fraction of sp³-hybridized carbons (Fsp3) is 0.0556. The second-order valence-corrected chi connectivity index (χ2v) is 10.5. The number of benzene rings is 4. The van der Waals surface area contributed by atoms with Gasteiger partial charge in [-0.05, 0) is 91.7 Å². The summed E-state index contributed by atoms with van der Waals surface area (Å²) in [6.07, 6.45) is 1.68. The number of nitrogens with one attached hydrogen (secondary N) is 1. The van der Waals surface area contributed by atoms with Crippen LogP contribution < -0.4 is 5.43 Å². The van der Waals surface area contributed by atoms with E-state index in [0.717, 1.165) is 50.8 Å². The lowest BCUT2D eigenvalue weighted by atomic mass is 10.1. The highest BCUT2D eigenvalue weighted by Crippen LogP contribution is 2.32. The van der Waals surface area contributed by atoms with Gasteiger partial charge in [-0.15, -0.1) is 0 Å². The Balaban J connectivity index is 1.23. The molecular weight excluding hydrogens is 540 g/mol. The number of rotatable bonds is 7. The Labute approximate surface area is 250 Å². The molecule has 0 bridgehead atoms. The van der Waals surface area contributed by atoms with Gasteiger partial charge in [-0.3, -0.25) is 4.79 Å². The van der Waals surface area contributed by atoms with Crippen molar-refractivity contribution in [3.8, 4) is 33.9 Å². The Morgan fingerprint density at radius 2 is 1.21 bits per heavy atom. The summed E-state index contributed by atoms with van der Waals surface area (Å²) in [6.45, 7) is 4.06. The maximum absolute atomic E-state index is 13.0. The number of hydrogen-bond donors (Lipinski definition) is 1. The molecule has 0 fully saturated rings. The van der Waals surface area contributed by atoms with Crippen LogP contribution in [0.15, 0.2) is 132 Å². The summed E-state index contributed by atoms with van der Waals surface area (Å²) in [4.78, 5) is 13.0. The molecule has 5 nitrogen and oxygen atoms in total. The summed E-state index contributed by atoms with van der Waals surface area (Å²) < 4.78 is 4.35. The summed E-state index contributed by atoms with van der Waals surface area (Å²) in [5, 5.41) is 4.95. The van der Waals surface area contributed by atoms with E-state index in [2.05, 4.69) is 56.1 Å². The summed E-state index contributed by atoms with van der Waals surface area (Å²) >= 11 is 6.06. The first-order chi connectivity index (χ1) is 20.5. The third-order valence-corrected chi connectivity index (χ3v) is 7.58. The molecule has 2 aromatic heterocycles. The minimum Gasteiger partial charge on any atom is -0.318 e. The number of carbonyl (C=O) groups excluding carboxylic acids is 1. The maximum atomic E-state index is 13.0. The van der Waals surface area contributed by atoms with Gasteiger partial charge in [0.1, 0.15) is 0 Å². The Morgan fingerprint density at radius 3 is 1.79 bits per heavy atom. The van der Waals surface area contributed by atoms with Crippen LogP contribution in [0.4, 0.5) is 0 Å². The van der Waals surface area contributed by atoms with Crippen molar-refractivity contribution in [3.05, 3.63) is 155 Å². The molecule has 206 valence electrons. The highest BCUT2D eigenvalue weighted by Gasteiger charge is 2.15. The molecule has 0 spiro atoms. The van der Waals surface area contributed by atoms with E-state index in [1.165, 1.54) is 0 Å². The lowest BCUT2D eigenvalue weighted by molar-refractivity contribution is 0.0955. The Kier molecular flexibility index (Phi) is 7.58. The first-order valence-corrected chi connectivity index (χ1v) is 14.1. The molecule has 0 saturated carbocycles. The molecule has 0 radical (unpaired) electrons. The molecule has 0 aliphatic rings. The molecule has 2 heterocycles. The van der Waals surface area contributed by atoms with Crippen molar-refractivity contribution < 1.29 is 4.79 Å². The van der Waals surface area contributed by atoms with E-state index in [1.807, 2.05) is 105 Å². The zero-order valence-corrected chi connectivity index (χ0v) is 24.1. The molecule has 0 saturated heterocycles. The standard InChI is InChI=1S/C36H29ClN4O/c1-25-23-30(26(2)40(25)32-19-15-31(37)16-20-32)24-38-39-36(42)29-13-17-33(18-14-29)41-34(27-9-5-3-6-10-27)21-22-35(41)28-11-7-4-8-12-28/h3-24H,1-2H3,(H,39,42)/b38-24-. The quantitative estimate of drug-likeness (QED) is 0.152. The lowest BCUT2D eigenvalue weighted by Crippen LogP contribution is -2.17. The van der Waals surface area contributed by atoms with Gasteiger partial charge in [0, 0.05) is 38.9 Å². The van der Waals surface area contributed by atoms with E-state index in [0.29, 0.717) is 10.6 Å². The van der Waals surface area contributed by atoms with Crippen molar-refractivity contribution in [1.82, 2.24) is 14.6 Å². The van der Waals surface area contributed by atoms with Crippen LogP contribution in [0.3, 0.4) is 0 Å². The normalized spacial score (nSPS) is 11.2. The highest BCUT2D eigenvalue weighted by molar-refractivity contribution is 6.30. The number of aromatic nitrogens is 2. The topological polar surface area (TPSA) is 51.3 Å². The average molecular weight is 569 g/mol. The first kappa shape index (κ1) is 27.1. The largest absolute Gasteiger partial charge is 0.318 e. The zero-order chi connectivity index (χ0) is 29.1. The fourth-order valence-electron chi connectivity index (χ4n) is 5.28. The zero-order valence-electron chi connectivity index (χ0n) is 23.3. The number of hydrazone groups is 1. The van der Waals surface area contributed by atoms with Gasteiger partial charge in [-0.25, -0.2) is 5.43 Å². The van der Waals surface area contributed by atoms with E-state index in [-0.39, 0.29) is 5.91 Å². The van der Waals surface area contributed by atoms with Gasteiger partial charge in [0.2, 0.25) is 0 Å². The van der Waals surface area contributed by atoms with E-state index < -0.39 is 0 Å². The molecule has 6 rings (SSSR count). The molecule has 0 aliphatic heterocycles. The van der Waals surface area contributed by atoms with Crippen molar-refractivity contribution in [3.63, 3.8) is 0 Å². The number of nitrogens with zero attached hydrogens (tertiary/aromatic N) is 3. The van der Waals surface area contributed by atoms with Crippen LogP contribution >= 0.6 is 11.6 Å². The predicted molar refractivity (Wildman–Crippen MR) is 172 cm³/mol. The lowest BCUT2D eigenvalue weighted by Gasteiger charge is -2.15. The van der Waals surface area contributed by atoms with Crippen LogP contribution in [0.5, 0.6) is 0 Å². The first-order valence-electron chi connectivity index (χ1n) is 13.7. The molecule has 6 aromatic rings. The summed E-state index contributed by atoms with van der Waals surface area (Å²) in [5.41, 5.74) is 12.6. The van der Waals surface area contributed by atoms with Gasteiger partial charge in [0.15, 0.2) is 0 Å². The van der Waals surface area contributed by atoms with Crippen molar-refractivity contribution in [1.29, 1.82) is 0 Å². The molecular formula is C36H29ClN4O. The second-order valence-electron chi connectivity index (χ2n) is 10.1. The van der Waals surface area contributed by atoms with Gasteiger partial charge >= 0.3 is 0 Å². The molecule has 0 atom stereocenters. The van der Waals surface area contributed by atoms with E-state index >= 15 is 0 Å². The fourth-order valence-corrected chi connectivity index (χ4v) is 5.40. The summed E-state index contributed by atoms with van der Waals surface area (Å²) in [7, 11) is 0. The minimum absolute atomic E-state index is 0.275. The Hall–Kier alpha value is -5.13. The van der Waals surface area contributed by atoms with E-state index in [9.17, 15) is 4.79 Å². The van der Waals surface area contributed by atoms with Gasteiger partial charge < -0.3 is 9.13 Å². The summed E-state index contributed by atoms with van der Waals surface area (Å²) in [6, 6.07) is 42.2. The van der Waals surface area contributed by atoms with Gasteiger partial charge in [0.05, 0.1) is 17.6 Å². The SMILES string of the molecule is Cc1cc(/C=N\NC(=O)c2ccc(-n3c(-c4ccccc4)ccc3-c3ccccc3)cc2)c(C)n1-c1ccc(Cl)cc1. The minimum atomic E-state index is -0.275. The smallest absolute Gasteiger partial charge is 0.271 e. The maximum Gasteiger partial charge on any atom is 0.271 e. The van der Waals surface area contributed by atoms with Gasteiger partial charge in [-0.2, -0.15) is 5.10 Å². The number of carbonyl (C=O) groups is 1. The molecule has 4 aromatic carbocycles. The predicted octanol–water partition coefficient (Wildman–Crippen LogP) is 8.64. The molecule has 1 N–H and O–H groups in total. The number of amides is 1. The molecule has 0 aliphatic carbocycles. The average Bonchev–Trinajstić information content (AvgIpc) is 3.59. The van der Waals surface area contributed by atoms with Crippen molar-refractivity contribution in [2.45, 2.75) is 13.8 Å². The number of hydrogen-bond acceptors (Lipinski definition) is 2. The van der Waals surface area contributed by atoms with Gasteiger partial charge in [-0.1, -0.05) is 72.3 Å². The van der Waals surface area contributed by atoms with E-state index in [4.69, 9.17) is 11.6 Å². The van der Waals surface area contributed by atoms with Crippen molar-refractivity contribution in [2.24, 2.45) is 5.10 Å². The highest BCUT2D eigenvalue weighted by atomic mass is 35.5. The van der Waals surface area contributed by atoms with Crippen LogP contribution in [-0.4, -0.2) is 21.3 Å². The molecule has 42 heavy (non-hydrogen) atoms. The second kappa shape index (κ2) is 11.8. The van der Waals surface area contributed by atoms with Crippen LogP contribution in [-0.2, 0) is 0 Å². The number of aryl methyl sites for hydroxylation is 1. The third-order valence-electron chi connectivity index (χ3n) is 7.33. The Bertz CT molecular complexity index is 1810. The monoisotopic (exact) mass is 568 g/mol. The van der Waals surface area contributed by atoms with Crippen LogP contribution in [0.25, 0.3) is 33.9 Å². The van der Waals surface area contributed by atoms with Crippen molar-refractivity contribution >= 4 is 23.7 Å². The van der Waals surface area contributed by atoms with Crippen LogP contribution in [0.1, 0.15) is 27.3 Å². The summed E-state index contributed by atoms with van der Waals surface area (Å²) in [5.74, 6) is -0.275. The van der Waals surface area contributed by atoms with Crippen molar-refractivity contribution in [2.75, 3.05) is 0 Å². The third kappa shape index (κ3) is 5.42. The molecule has 6 heteroatoms. The molecule has 1 amide bonds.